The summed E-state index contributed by atoms with van der Waals surface area (Å²) in [6.07, 6.45) is 3.10. The molecule has 2 rings (SSSR count). The number of rotatable bonds is 7. The first-order valence-electron chi connectivity index (χ1n) is 8.09. The minimum atomic E-state index is -0.318. The van der Waals surface area contributed by atoms with E-state index in [-0.39, 0.29) is 24.3 Å². The summed E-state index contributed by atoms with van der Waals surface area (Å²) in [5, 5.41) is 11.9. The number of anilines is 1. The van der Waals surface area contributed by atoms with Gasteiger partial charge in [0.15, 0.2) is 0 Å². The van der Waals surface area contributed by atoms with Gasteiger partial charge in [-0.15, -0.1) is 10.2 Å². The van der Waals surface area contributed by atoms with Gasteiger partial charge in [0.05, 0.1) is 13.7 Å². The van der Waals surface area contributed by atoms with Crippen LogP contribution in [0.25, 0.3) is 6.08 Å². The number of carbonyl (C=O) groups is 2. The van der Waals surface area contributed by atoms with Gasteiger partial charge in [0, 0.05) is 19.0 Å². The van der Waals surface area contributed by atoms with Crippen molar-refractivity contribution in [3.8, 4) is 5.75 Å². The van der Waals surface area contributed by atoms with Crippen molar-refractivity contribution in [3.63, 3.8) is 0 Å². The third kappa shape index (κ3) is 5.66. The number of nitrogens with one attached hydrogen (secondary N) is 1. The van der Waals surface area contributed by atoms with Gasteiger partial charge in [-0.1, -0.05) is 37.3 Å². The summed E-state index contributed by atoms with van der Waals surface area (Å²) in [5.74, 6) is 0.375. The van der Waals surface area contributed by atoms with Crippen LogP contribution in [0.15, 0.2) is 30.3 Å². The highest BCUT2D eigenvalue weighted by molar-refractivity contribution is 7.15. The molecule has 1 aromatic carbocycles. The Bertz CT molecular complexity index is 801. The maximum Gasteiger partial charge on any atom is 0.246 e. The quantitative estimate of drug-likeness (QED) is 0.754. The standard InChI is InChI=1S/C18H22N4O3S/c1-12(2)17-20-21-18(26-17)19-15(23)11-22(3)16(24)9-8-13-6-5-7-14(10-13)25-4/h5-10,12H,11H2,1-4H3,(H,19,21,23)/b9-8+. The first-order valence-corrected chi connectivity index (χ1v) is 8.91. The molecule has 0 unspecified atom stereocenters. The molecule has 26 heavy (non-hydrogen) atoms. The molecule has 7 nitrogen and oxygen atoms in total. The minimum absolute atomic E-state index is 0.0716. The fraction of sp³-hybridized carbons (Fsp3) is 0.333. The molecular weight excluding hydrogens is 352 g/mol. The molecular formula is C18H22N4O3S. The van der Waals surface area contributed by atoms with Crippen LogP contribution in [0.2, 0.25) is 0 Å². The van der Waals surface area contributed by atoms with Gasteiger partial charge in [0.1, 0.15) is 10.8 Å². The second-order valence-electron chi connectivity index (χ2n) is 5.95. The fourth-order valence-electron chi connectivity index (χ4n) is 2.01. The Labute approximate surface area is 156 Å². The summed E-state index contributed by atoms with van der Waals surface area (Å²) in [7, 11) is 3.15. The predicted molar refractivity (Wildman–Crippen MR) is 102 cm³/mol. The molecule has 0 spiro atoms. The Balaban J connectivity index is 1.88. The molecule has 1 aromatic heterocycles. The molecule has 8 heteroatoms. The van der Waals surface area contributed by atoms with Gasteiger partial charge < -0.3 is 9.64 Å². The van der Waals surface area contributed by atoms with Crippen molar-refractivity contribution in [2.45, 2.75) is 19.8 Å². The molecule has 0 radical (unpaired) electrons. The molecule has 138 valence electrons. The van der Waals surface area contributed by atoms with Crippen molar-refractivity contribution in [1.82, 2.24) is 15.1 Å². The molecule has 0 aliphatic rings. The maximum atomic E-state index is 12.2. The summed E-state index contributed by atoms with van der Waals surface area (Å²) < 4.78 is 5.14. The first kappa shape index (κ1) is 19.6. The van der Waals surface area contributed by atoms with Crippen LogP contribution in [0.4, 0.5) is 5.13 Å². The van der Waals surface area contributed by atoms with Crippen LogP contribution in [-0.4, -0.2) is 47.6 Å². The highest BCUT2D eigenvalue weighted by atomic mass is 32.1. The van der Waals surface area contributed by atoms with E-state index in [0.29, 0.717) is 10.9 Å². The van der Waals surface area contributed by atoms with Crippen LogP contribution in [0, 0.1) is 0 Å². The number of ether oxygens (including phenoxy) is 1. The molecule has 1 N–H and O–H groups in total. The van der Waals surface area contributed by atoms with Crippen molar-refractivity contribution < 1.29 is 14.3 Å². The monoisotopic (exact) mass is 374 g/mol. The second-order valence-corrected chi connectivity index (χ2v) is 6.96. The Morgan fingerprint density at radius 1 is 1.35 bits per heavy atom. The van der Waals surface area contributed by atoms with E-state index in [1.807, 2.05) is 38.1 Å². The van der Waals surface area contributed by atoms with Gasteiger partial charge in [-0.3, -0.25) is 14.9 Å². The van der Waals surface area contributed by atoms with E-state index in [9.17, 15) is 9.59 Å². The Morgan fingerprint density at radius 3 is 2.77 bits per heavy atom. The van der Waals surface area contributed by atoms with Crippen LogP contribution in [0.1, 0.15) is 30.3 Å². The van der Waals surface area contributed by atoms with Gasteiger partial charge in [-0.05, 0) is 23.8 Å². The number of methoxy groups -OCH3 is 1. The summed E-state index contributed by atoms with van der Waals surface area (Å²) >= 11 is 1.33. The lowest BCUT2D eigenvalue weighted by Crippen LogP contribution is -2.33. The van der Waals surface area contributed by atoms with E-state index < -0.39 is 0 Å². The number of amides is 2. The minimum Gasteiger partial charge on any atom is -0.497 e. The normalized spacial score (nSPS) is 11.0. The lowest BCUT2D eigenvalue weighted by molar-refractivity contribution is -0.129. The zero-order valence-electron chi connectivity index (χ0n) is 15.2. The van der Waals surface area contributed by atoms with Crippen LogP contribution >= 0.6 is 11.3 Å². The Kier molecular flexibility index (Phi) is 6.85. The summed E-state index contributed by atoms with van der Waals surface area (Å²) in [5.41, 5.74) is 0.839. The number of hydrogen-bond donors (Lipinski definition) is 1. The second kappa shape index (κ2) is 9.10. The summed E-state index contributed by atoms with van der Waals surface area (Å²) in [4.78, 5) is 25.5. The zero-order valence-corrected chi connectivity index (χ0v) is 16.0. The average molecular weight is 374 g/mol. The van der Waals surface area contributed by atoms with Gasteiger partial charge in [-0.25, -0.2) is 0 Å². The number of nitrogens with zero attached hydrogens (tertiary/aromatic N) is 3. The van der Waals surface area contributed by atoms with E-state index in [4.69, 9.17) is 4.74 Å². The lowest BCUT2D eigenvalue weighted by Gasteiger charge is -2.13. The molecule has 2 aromatic rings. The average Bonchev–Trinajstić information content (AvgIpc) is 3.08. The van der Waals surface area contributed by atoms with E-state index in [1.165, 1.54) is 22.3 Å². The smallest absolute Gasteiger partial charge is 0.246 e. The number of hydrogen-bond acceptors (Lipinski definition) is 6. The van der Waals surface area contributed by atoms with E-state index in [0.717, 1.165) is 10.6 Å². The van der Waals surface area contributed by atoms with Crippen LogP contribution in [0.3, 0.4) is 0 Å². The van der Waals surface area contributed by atoms with Crippen molar-refractivity contribution >= 4 is 34.4 Å². The van der Waals surface area contributed by atoms with Gasteiger partial charge >= 0.3 is 0 Å². The number of aromatic nitrogens is 2. The van der Waals surface area contributed by atoms with Crippen molar-refractivity contribution in [2.75, 3.05) is 26.0 Å². The zero-order chi connectivity index (χ0) is 19.1. The Morgan fingerprint density at radius 2 is 2.12 bits per heavy atom. The van der Waals surface area contributed by atoms with E-state index in [2.05, 4.69) is 15.5 Å². The van der Waals surface area contributed by atoms with Crippen molar-refractivity contribution in [1.29, 1.82) is 0 Å². The lowest BCUT2D eigenvalue weighted by atomic mass is 10.2. The SMILES string of the molecule is COc1cccc(/C=C/C(=O)N(C)CC(=O)Nc2nnc(C(C)C)s2)c1. The topological polar surface area (TPSA) is 84.4 Å². The Hall–Kier alpha value is -2.74. The summed E-state index contributed by atoms with van der Waals surface area (Å²) in [6, 6.07) is 7.35. The number of carbonyl (C=O) groups excluding carboxylic acids is 2. The molecule has 0 bridgehead atoms. The highest BCUT2D eigenvalue weighted by Crippen LogP contribution is 2.22. The largest absolute Gasteiger partial charge is 0.497 e. The van der Waals surface area contributed by atoms with Gasteiger partial charge in [0.2, 0.25) is 16.9 Å². The molecule has 0 aliphatic heterocycles. The molecule has 2 amide bonds. The highest BCUT2D eigenvalue weighted by Gasteiger charge is 2.14. The third-order valence-corrected chi connectivity index (χ3v) is 4.59. The van der Waals surface area contributed by atoms with Gasteiger partial charge in [-0.2, -0.15) is 0 Å². The molecule has 0 fully saturated rings. The van der Waals surface area contributed by atoms with Crippen LogP contribution in [-0.2, 0) is 9.59 Å². The maximum absolute atomic E-state index is 12.2. The van der Waals surface area contributed by atoms with Crippen LogP contribution in [0.5, 0.6) is 5.75 Å². The molecule has 0 saturated heterocycles. The third-order valence-electron chi connectivity index (χ3n) is 3.45. The van der Waals surface area contributed by atoms with Crippen LogP contribution < -0.4 is 10.1 Å². The summed E-state index contributed by atoms with van der Waals surface area (Å²) in [6.45, 7) is 3.94. The number of likely N-dealkylation sites (N-methyl/N-ethyl adjacent to an activating group) is 1. The van der Waals surface area contributed by atoms with E-state index >= 15 is 0 Å². The first-order chi connectivity index (χ1) is 12.4. The van der Waals surface area contributed by atoms with Crippen molar-refractivity contribution in [3.05, 3.63) is 40.9 Å². The number of benzene rings is 1. The van der Waals surface area contributed by atoms with E-state index in [1.54, 1.807) is 20.2 Å². The molecule has 0 atom stereocenters. The fourth-order valence-corrected chi connectivity index (χ4v) is 2.77. The molecule has 0 aliphatic carbocycles. The predicted octanol–water partition coefficient (Wildman–Crippen LogP) is 2.78. The molecule has 1 heterocycles. The molecule has 0 saturated carbocycles. The van der Waals surface area contributed by atoms with Gasteiger partial charge in [0.25, 0.3) is 0 Å². The van der Waals surface area contributed by atoms with Crippen molar-refractivity contribution in [2.24, 2.45) is 0 Å².